The maximum absolute atomic E-state index is 12.5. The molecule has 2 heterocycles. The monoisotopic (exact) mass is 285 g/mol. The Morgan fingerprint density at radius 3 is 2.35 bits per heavy atom. The summed E-state index contributed by atoms with van der Waals surface area (Å²) in [5, 5.41) is 0. The van der Waals surface area contributed by atoms with E-state index in [1.165, 1.54) is 0 Å². The van der Waals surface area contributed by atoms with Crippen molar-refractivity contribution < 1.29 is 17.9 Å². The summed E-state index contributed by atoms with van der Waals surface area (Å²) in [6, 6.07) is 5.42. The minimum absolute atomic E-state index is 0.0946. The van der Waals surface area contributed by atoms with Gasteiger partial charge in [0.15, 0.2) is 0 Å². The molecular formula is C15H18F3NO. The van der Waals surface area contributed by atoms with E-state index in [1.807, 2.05) is 0 Å². The van der Waals surface area contributed by atoms with Crippen LogP contribution in [-0.2, 0) is 17.3 Å². The summed E-state index contributed by atoms with van der Waals surface area (Å²) in [7, 11) is 0. The van der Waals surface area contributed by atoms with E-state index in [0.717, 1.165) is 37.0 Å². The number of nitrogens with two attached hydrogens (primary N) is 1. The highest BCUT2D eigenvalue weighted by atomic mass is 19.4. The van der Waals surface area contributed by atoms with Gasteiger partial charge < -0.3 is 10.5 Å². The highest BCUT2D eigenvalue weighted by Gasteiger charge is 2.51. The number of ether oxygens (including phenoxy) is 1. The van der Waals surface area contributed by atoms with E-state index in [2.05, 4.69) is 0 Å². The van der Waals surface area contributed by atoms with Crippen molar-refractivity contribution in [3.05, 3.63) is 35.4 Å². The van der Waals surface area contributed by atoms with Crippen LogP contribution in [0.15, 0.2) is 24.3 Å². The lowest BCUT2D eigenvalue weighted by atomic mass is 9.70. The molecule has 3 unspecified atom stereocenters. The predicted octanol–water partition coefficient (Wildman–Crippen LogP) is 3.14. The smallest absolute Gasteiger partial charge is 0.374 e. The van der Waals surface area contributed by atoms with Crippen LogP contribution < -0.4 is 5.73 Å². The first-order chi connectivity index (χ1) is 9.43. The average molecular weight is 285 g/mol. The number of fused-ring (bicyclic) bond motifs is 2. The summed E-state index contributed by atoms with van der Waals surface area (Å²) < 4.78 is 43.5. The first kappa shape index (κ1) is 13.9. The molecule has 0 radical (unpaired) electrons. The van der Waals surface area contributed by atoms with Crippen LogP contribution in [0, 0.1) is 5.41 Å². The number of hydrogen-bond acceptors (Lipinski definition) is 2. The third kappa shape index (κ3) is 2.33. The molecule has 3 atom stereocenters. The van der Waals surface area contributed by atoms with Crippen molar-refractivity contribution in [2.45, 2.75) is 44.1 Å². The van der Waals surface area contributed by atoms with Gasteiger partial charge >= 0.3 is 6.18 Å². The van der Waals surface area contributed by atoms with Gasteiger partial charge in [-0.15, -0.1) is 0 Å². The molecule has 110 valence electrons. The number of halogens is 3. The van der Waals surface area contributed by atoms with Gasteiger partial charge in [0.2, 0.25) is 0 Å². The summed E-state index contributed by atoms with van der Waals surface area (Å²) in [6.07, 6.45) is -0.0997. The Morgan fingerprint density at radius 2 is 1.90 bits per heavy atom. The minimum atomic E-state index is -4.28. The molecule has 2 aliphatic heterocycles. The summed E-state index contributed by atoms with van der Waals surface area (Å²) in [4.78, 5) is 0. The fraction of sp³-hybridized carbons (Fsp3) is 0.600. The second-order valence-electron chi connectivity index (χ2n) is 5.97. The normalized spacial score (nSPS) is 32.8. The highest BCUT2D eigenvalue weighted by molar-refractivity contribution is 5.26. The van der Waals surface area contributed by atoms with Gasteiger partial charge in [-0.2, -0.15) is 13.2 Å². The van der Waals surface area contributed by atoms with Gasteiger partial charge in [0, 0.05) is 12.0 Å². The molecule has 0 amide bonds. The molecule has 2 N–H and O–H groups in total. The zero-order chi connectivity index (χ0) is 14.4. The second-order valence-corrected chi connectivity index (χ2v) is 5.97. The van der Waals surface area contributed by atoms with Crippen molar-refractivity contribution in [1.82, 2.24) is 0 Å². The van der Waals surface area contributed by atoms with Crippen molar-refractivity contribution >= 4 is 0 Å². The molecule has 2 fully saturated rings. The lowest BCUT2D eigenvalue weighted by Gasteiger charge is -2.34. The van der Waals surface area contributed by atoms with E-state index < -0.39 is 11.7 Å². The average Bonchev–Trinajstić information content (AvgIpc) is 2.99. The van der Waals surface area contributed by atoms with Crippen LogP contribution in [0.3, 0.4) is 0 Å². The maximum atomic E-state index is 12.5. The highest BCUT2D eigenvalue weighted by Crippen LogP contribution is 2.49. The Balaban J connectivity index is 1.77. The van der Waals surface area contributed by atoms with Gasteiger partial charge in [0.25, 0.3) is 0 Å². The summed E-state index contributed by atoms with van der Waals surface area (Å²) in [5.74, 6) is 0. The Morgan fingerprint density at radius 1 is 1.20 bits per heavy atom. The van der Waals surface area contributed by atoms with Crippen molar-refractivity contribution in [3.8, 4) is 0 Å². The predicted molar refractivity (Wildman–Crippen MR) is 69.1 cm³/mol. The fourth-order valence-corrected chi connectivity index (χ4v) is 3.58. The Labute approximate surface area is 116 Å². The van der Waals surface area contributed by atoms with Crippen LogP contribution in [-0.4, -0.2) is 18.8 Å². The Bertz CT molecular complexity index is 485. The molecule has 3 rings (SSSR count). The molecule has 2 nitrogen and oxygen atoms in total. The summed E-state index contributed by atoms with van der Waals surface area (Å²) in [5.41, 5.74) is 6.15. The number of hydrogen-bond donors (Lipinski definition) is 1. The van der Waals surface area contributed by atoms with Crippen LogP contribution in [0.2, 0.25) is 0 Å². The molecule has 1 aromatic carbocycles. The van der Waals surface area contributed by atoms with E-state index in [-0.39, 0.29) is 17.6 Å². The molecule has 20 heavy (non-hydrogen) atoms. The Kier molecular flexibility index (Phi) is 3.29. The third-order valence-electron chi connectivity index (χ3n) is 4.67. The zero-order valence-corrected chi connectivity index (χ0v) is 11.1. The van der Waals surface area contributed by atoms with Crippen LogP contribution in [0.4, 0.5) is 13.2 Å². The van der Waals surface area contributed by atoms with E-state index in [0.29, 0.717) is 13.0 Å². The topological polar surface area (TPSA) is 35.2 Å². The summed E-state index contributed by atoms with van der Waals surface area (Å²) in [6.45, 7) is 0.523. The molecule has 0 saturated carbocycles. The number of alkyl halides is 3. The summed E-state index contributed by atoms with van der Waals surface area (Å²) >= 11 is 0. The molecule has 2 saturated heterocycles. The first-order valence-corrected chi connectivity index (χ1v) is 6.95. The van der Waals surface area contributed by atoms with Gasteiger partial charge in [0.1, 0.15) is 0 Å². The lowest BCUT2D eigenvalue weighted by Crippen LogP contribution is -2.41. The zero-order valence-electron chi connectivity index (χ0n) is 11.1. The molecule has 0 spiro atoms. The van der Waals surface area contributed by atoms with Crippen LogP contribution >= 0.6 is 0 Å². The van der Waals surface area contributed by atoms with Crippen LogP contribution in [0.1, 0.15) is 30.4 Å². The van der Waals surface area contributed by atoms with E-state index in [1.54, 1.807) is 12.1 Å². The van der Waals surface area contributed by atoms with Gasteiger partial charge in [-0.3, -0.25) is 0 Å². The molecule has 1 aromatic rings. The molecular weight excluding hydrogens is 267 g/mol. The van der Waals surface area contributed by atoms with Crippen molar-refractivity contribution in [2.24, 2.45) is 11.1 Å². The molecule has 5 heteroatoms. The van der Waals surface area contributed by atoms with E-state index >= 15 is 0 Å². The molecule has 2 bridgehead atoms. The quantitative estimate of drug-likeness (QED) is 0.926. The van der Waals surface area contributed by atoms with Gasteiger partial charge in [-0.05, 0) is 43.4 Å². The second kappa shape index (κ2) is 4.74. The lowest BCUT2D eigenvalue weighted by molar-refractivity contribution is -0.137. The van der Waals surface area contributed by atoms with E-state index in [9.17, 15) is 13.2 Å². The SMILES string of the molecule is NCC1(Cc2ccc(C(F)(F)F)cc2)CC2CCC1O2. The van der Waals surface area contributed by atoms with Gasteiger partial charge in [-0.1, -0.05) is 12.1 Å². The first-order valence-electron chi connectivity index (χ1n) is 6.95. The fourth-order valence-electron chi connectivity index (χ4n) is 3.58. The number of rotatable bonds is 3. The van der Waals surface area contributed by atoms with Crippen molar-refractivity contribution in [2.75, 3.05) is 6.54 Å². The Hall–Kier alpha value is -1.07. The van der Waals surface area contributed by atoms with Crippen molar-refractivity contribution in [3.63, 3.8) is 0 Å². The minimum Gasteiger partial charge on any atom is -0.374 e. The molecule has 0 aromatic heterocycles. The van der Waals surface area contributed by atoms with Crippen molar-refractivity contribution in [1.29, 1.82) is 0 Å². The van der Waals surface area contributed by atoms with E-state index in [4.69, 9.17) is 10.5 Å². The molecule has 2 aliphatic rings. The van der Waals surface area contributed by atoms with Gasteiger partial charge in [-0.25, -0.2) is 0 Å². The third-order valence-corrected chi connectivity index (χ3v) is 4.67. The maximum Gasteiger partial charge on any atom is 0.416 e. The van der Waals surface area contributed by atoms with Gasteiger partial charge in [0.05, 0.1) is 17.8 Å². The van der Waals surface area contributed by atoms with Crippen LogP contribution in [0.5, 0.6) is 0 Å². The number of benzene rings is 1. The molecule has 0 aliphatic carbocycles. The van der Waals surface area contributed by atoms with Crippen LogP contribution in [0.25, 0.3) is 0 Å². The largest absolute Gasteiger partial charge is 0.416 e. The standard InChI is InChI=1S/C15H18F3NO/c16-15(17,18)11-3-1-10(2-4-11)7-14(9-19)8-12-5-6-13(14)20-12/h1-4,12-13H,5-9,19H2.